The fourth-order valence-electron chi connectivity index (χ4n) is 1.73. The zero-order chi connectivity index (χ0) is 14.5. The lowest BCUT2D eigenvalue weighted by atomic mass is 10.3. The van der Waals surface area contributed by atoms with Gasteiger partial charge in [0, 0.05) is 0 Å². The predicted molar refractivity (Wildman–Crippen MR) is 72.3 cm³/mol. The van der Waals surface area contributed by atoms with Crippen LogP contribution in [0.25, 0.3) is 0 Å². The summed E-state index contributed by atoms with van der Waals surface area (Å²) in [4.78, 5) is 10.7. The highest BCUT2D eigenvalue weighted by Crippen LogP contribution is 2.25. The second-order valence-electron chi connectivity index (χ2n) is 4.17. The smallest absolute Gasteiger partial charge is 0.371 e. The predicted octanol–water partition coefficient (Wildman–Crippen LogP) is 3.52. The molecule has 1 N–H and O–H groups in total. The molecule has 5 nitrogen and oxygen atoms in total. The van der Waals surface area contributed by atoms with Gasteiger partial charge in [0.25, 0.3) is 0 Å². The number of aromatic carboxylic acids is 1. The van der Waals surface area contributed by atoms with Gasteiger partial charge in [0.15, 0.2) is 6.10 Å². The first kappa shape index (κ1) is 14.0. The first-order valence-electron chi connectivity index (χ1n) is 6.32. The van der Waals surface area contributed by atoms with Crippen LogP contribution in [0.5, 0.6) is 11.5 Å². The van der Waals surface area contributed by atoms with Gasteiger partial charge in [0.2, 0.25) is 5.76 Å². The normalized spacial score (nSPS) is 11.9. The minimum absolute atomic E-state index is 0.0952. The lowest BCUT2D eigenvalue weighted by Gasteiger charge is -2.12. The van der Waals surface area contributed by atoms with Crippen LogP contribution < -0.4 is 9.47 Å². The Balaban J connectivity index is 2.02. The van der Waals surface area contributed by atoms with E-state index in [-0.39, 0.29) is 11.9 Å². The molecule has 0 radical (unpaired) electrons. The molecule has 5 heteroatoms. The van der Waals surface area contributed by atoms with E-state index in [0.29, 0.717) is 18.1 Å². The van der Waals surface area contributed by atoms with E-state index >= 15 is 0 Å². The van der Waals surface area contributed by atoms with Crippen molar-refractivity contribution in [3.8, 4) is 11.5 Å². The first-order valence-corrected chi connectivity index (χ1v) is 6.32. The monoisotopic (exact) mass is 276 g/mol. The number of carboxylic acid groups (broad SMARTS) is 1. The van der Waals surface area contributed by atoms with Crippen molar-refractivity contribution in [1.29, 1.82) is 0 Å². The highest BCUT2D eigenvalue weighted by molar-refractivity contribution is 5.84. The summed E-state index contributed by atoms with van der Waals surface area (Å²) in [6.07, 6.45) is -0.374. The molecule has 0 aliphatic rings. The summed E-state index contributed by atoms with van der Waals surface area (Å²) in [5.74, 6) is 0.718. The summed E-state index contributed by atoms with van der Waals surface area (Å²) in [5.41, 5.74) is 0. The van der Waals surface area contributed by atoms with Gasteiger partial charge in [-0.2, -0.15) is 0 Å². The molecule has 106 valence electrons. The maximum atomic E-state index is 10.7. The molecule has 0 spiro atoms. The SMILES string of the molecule is CCOc1ccc(OC(C)c2ccc(C(=O)O)o2)cc1. The Morgan fingerprint density at radius 3 is 2.40 bits per heavy atom. The molecule has 2 rings (SSSR count). The van der Waals surface area contributed by atoms with Gasteiger partial charge in [0.05, 0.1) is 6.61 Å². The molecular formula is C15H16O5. The zero-order valence-corrected chi connectivity index (χ0v) is 11.3. The van der Waals surface area contributed by atoms with Crippen molar-refractivity contribution in [2.75, 3.05) is 6.61 Å². The van der Waals surface area contributed by atoms with Gasteiger partial charge < -0.3 is 19.0 Å². The zero-order valence-electron chi connectivity index (χ0n) is 11.3. The summed E-state index contributed by atoms with van der Waals surface area (Å²) in [6, 6.07) is 10.2. The van der Waals surface area contributed by atoms with Gasteiger partial charge in [-0.1, -0.05) is 0 Å². The molecule has 2 aromatic rings. The fraction of sp³-hybridized carbons (Fsp3) is 0.267. The minimum atomic E-state index is -1.09. The molecule has 1 atom stereocenters. The maximum absolute atomic E-state index is 10.7. The second-order valence-corrected chi connectivity index (χ2v) is 4.17. The van der Waals surface area contributed by atoms with Gasteiger partial charge in [0.1, 0.15) is 17.3 Å². The highest BCUT2D eigenvalue weighted by atomic mass is 16.5. The first-order chi connectivity index (χ1) is 9.60. The number of ether oxygens (including phenoxy) is 2. The van der Waals surface area contributed by atoms with Crippen molar-refractivity contribution in [1.82, 2.24) is 0 Å². The summed E-state index contributed by atoms with van der Waals surface area (Å²) >= 11 is 0. The number of benzene rings is 1. The molecule has 0 amide bonds. The summed E-state index contributed by atoms with van der Waals surface area (Å²) in [7, 11) is 0. The topological polar surface area (TPSA) is 68.9 Å². The van der Waals surface area contributed by atoms with Crippen molar-refractivity contribution in [3.05, 3.63) is 47.9 Å². The molecule has 0 saturated heterocycles. The summed E-state index contributed by atoms with van der Waals surface area (Å²) < 4.78 is 16.2. The molecular weight excluding hydrogens is 260 g/mol. The Morgan fingerprint density at radius 1 is 1.20 bits per heavy atom. The van der Waals surface area contributed by atoms with Gasteiger partial charge in [-0.15, -0.1) is 0 Å². The Bertz CT molecular complexity index is 570. The Morgan fingerprint density at radius 2 is 1.85 bits per heavy atom. The van der Waals surface area contributed by atoms with Crippen LogP contribution in [0.3, 0.4) is 0 Å². The quantitative estimate of drug-likeness (QED) is 0.874. The average Bonchev–Trinajstić information content (AvgIpc) is 2.91. The van der Waals surface area contributed by atoms with Crippen molar-refractivity contribution in [2.24, 2.45) is 0 Å². The third kappa shape index (κ3) is 3.32. The largest absolute Gasteiger partial charge is 0.494 e. The van der Waals surface area contributed by atoms with E-state index in [1.54, 1.807) is 25.1 Å². The van der Waals surface area contributed by atoms with E-state index in [4.69, 9.17) is 19.0 Å². The van der Waals surface area contributed by atoms with Crippen molar-refractivity contribution in [3.63, 3.8) is 0 Å². The number of furan rings is 1. The number of carbonyl (C=O) groups is 1. The van der Waals surface area contributed by atoms with E-state index in [1.165, 1.54) is 6.07 Å². The van der Waals surface area contributed by atoms with Crippen LogP contribution >= 0.6 is 0 Å². The third-order valence-corrected chi connectivity index (χ3v) is 2.69. The summed E-state index contributed by atoms with van der Waals surface area (Å²) in [6.45, 7) is 4.32. The Labute approximate surface area is 116 Å². The molecule has 0 fully saturated rings. The average molecular weight is 276 g/mol. The fourth-order valence-corrected chi connectivity index (χ4v) is 1.73. The Hall–Kier alpha value is -2.43. The Kier molecular flexibility index (Phi) is 4.30. The molecule has 20 heavy (non-hydrogen) atoms. The molecule has 0 bridgehead atoms. The van der Waals surface area contributed by atoms with Crippen LogP contribution in [0.15, 0.2) is 40.8 Å². The molecule has 1 aromatic heterocycles. The molecule has 1 unspecified atom stereocenters. The van der Waals surface area contributed by atoms with Crippen molar-refractivity contribution >= 4 is 5.97 Å². The van der Waals surface area contributed by atoms with Crippen LogP contribution in [-0.2, 0) is 0 Å². The van der Waals surface area contributed by atoms with Crippen LogP contribution in [0.4, 0.5) is 0 Å². The lowest BCUT2D eigenvalue weighted by Crippen LogP contribution is -2.02. The molecule has 1 aromatic carbocycles. The number of hydrogen-bond acceptors (Lipinski definition) is 4. The number of hydrogen-bond donors (Lipinski definition) is 1. The second kappa shape index (κ2) is 6.14. The van der Waals surface area contributed by atoms with E-state index < -0.39 is 5.97 Å². The standard InChI is InChI=1S/C15H16O5/c1-3-18-11-4-6-12(7-5-11)19-10(2)13-8-9-14(20-13)15(16)17/h4-10H,3H2,1-2H3,(H,16,17). The van der Waals surface area contributed by atoms with Crippen LogP contribution in [0, 0.1) is 0 Å². The van der Waals surface area contributed by atoms with E-state index in [2.05, 4.69) is 0 Å². The molecule has 0 aliphatic heterocycles. The van der Waals surface area contributed by atoms with Crippen LogP contribution in [-0.4, -0.2) is 17.7 Å². The number of carboxylic acids is 1. The number of rotatable bonds is 6. The van der Waals surface area contributed by atoms with Gasteiger partial charge in [-0.05, 0) is 50.2 Å². The van der Waals surface area contributed by atoms with Gasteiger partial charge >= 0.3 is 5.97 Å². The van der Waals surface area contributed by atoms with E-state index in [0.717, 1.165) is 5.75 Å². The lowest BCUT2D eigenvalue weighted by molar-refractivity contribution is 0.0655. The minimum Gasteiger partial charge on any atom is -0.494 e. The van der Waals surface area contributed by atoms with E-state index in [9.17, 15) is 4.79 Å². The van der Waals surface area contributed by atoms with Gasteiger partial charge in [-0.3, -0.25) is 0 Å². The molecule has 1 heterocycles. The van der Waals surface area contributed by atoms with Gasteiger partial charge in [-0.25, -0.2) is 4.79 Å². The van der Waals surface area contributed by atoms with E-state index in [1.807, 2.05) is 19.1 Å². The molecule has 0 saturated carbocycles. The summed E-state index contributed by atoms with van der Waals surface area (Å²) in [5, 5.41) is 8.80. The third-order valence-electron chi connectivity index (χ3n) is 2.69. The van der Waals surface area contributed by atoms with Crippen molar-refractivity contribution in [2.45, 2.75) is 20.0 Å². The molecule has 0 aliphatic carbocycles. The maximum Gasteiger partial charge on any atom is 0.371 e. The van der Waals surface area contributed by atoms with Crippen molar-refractivity contribution < 1.29 is 23.8 Å². The van der Waals surface area contributed by atoms with Crippen LogP contribution in [0.2, 0.25) is 0 Å². The highest BCUT2D eigenvalue weighted by Gasteiger charge is 2.15. The van der Waals surface area contributed by atoms with Crippen LogP contribution in [0.1, 0.15) is 36.3 Å².